The summed E-state index contributed by atoms with van der Waals surface area (Å²) in [5.74, 6) is -1.25. The topological polar surface area (TPSA) is 63.2 Å². The Morgan fingerprint density at radius 3 is 2.90 bits per heavy atom. The zero-order valence-electron chi connectivity index (χ0n) is 17.3. The lowest BCUT2D eigenvalue weighted by Crippen LogP contribution is -2.39. The van der Waals surface area contributed by atoms with Crippen LogP contribution < -0.4 is 10.2 Å². The predicted octanol–water partition coefficient (Wildman–Crippen LogP) is 4.40. The highest BCUT2D eigenvalue weighted by molar-refractivity contribution is 5.92. The molecule has 0 bridgehead atoms. The number of nitrogens with one attached hydrogen (secondary N) is 1. The molecule has 1 fully saturated rings. The molecular weight excluding hydrogens is 388 g/mol. The van der Waals surface area contributed by atoms with Crippen molar-refractivity contribution in [2.45, 2.75) is 38.8 Å². The summed E-state index contributed by atoms with van der Waals surface area (Å²) in [5.41, 5.74) is 2.64. The van der Waals surface area contributed by atoms with Gasteiger partial charge < -0.3 is 15.0 Å². The zero-order valence-corrected chi connectivity index (χ0v) is 17.3. The molecule has 2 atom stereocenters. The van der Waals surface area contributed by atoms with Gasteiger partial charge >= 0.3 is 0 Å². The third kappa shape index (κ3) is 3.92. The van der Waals surface area contributed by atoms with Gasteiger partial charge in [0.15, 0.2) is 17.5 Å². The molecule has 1 aliphatic heterocycles. The molecule has 30 heavy (non-hydrogen) atoms. The summed E-state index contributed by atoms with van der Waals surface area (Å²) in [4.78, 5) is 6.87. The Balaban J connectivity index is 1.69. The van der Waals surface area contributed by atoms with Crippen molar-refractivity contribution in [1.82, 2.24) is 15.2 Å². The van der Waals surface area contributed by atoms with Crippen LogP contribution in [0.4, 0.5) is 20.3 Å². The minimum atomic E-state index is -0.872. The Morgan fingerprint density at radius 2 is 2.10 bits per heavy atom. The number of halogens is 2. The van der Waals surface area contributed by atoms with Crippen LogP contribution >= 0.6 is 0 Å². The summed E-state index contributed by atoms with van der Waals surface area (Å²) in [6, 6.07) is 5.68. The van der Waals surface area contributed by atoms with Gasteiger partial charge in [0.1, 0.15) is 0 Å². The smallest absolute Gasteiger partial charge is 0.164 e. The summed E-state index contributed by atoms with van der Waals surface area (Å²) >= 11 is 0. The van der Waals surface area contributed by atoms with Gasteiger partial charge in [0.2, 0.25) is 0 Å². The largest absolute Gasteiger partial charge is 0.380 e. The maximum atomic E-state index is 14.2. The number of anilines is 2. The van der Waals surface area contributed by atoms with Crippen LogP contribution in [0.5, 0.6) is 0 Å². The Morgan fingerprint density at radius 1 is 1.27 bits per heavy atom. The molecule has 158 valence electrons. The summed E-state index contributed by atoms with van der Waals surface area (Å²) in [6.45, 7) is 5.34. The van der Waals surface area contributed by atoms with Crippen molar-refractivity contribution in [3.8, 4) is 0 Å². The molecule has 0 spiro atoms. The van der Waals surface area contributed by atoms with Crippen LogP contribution in [0.25, 0.3) is 10.9 Å². The minimum absolute atomic E-state index is 0.195. The Labute approximate surface area is 174 Å². The lowest BCUT2D eigenvalue weighted by atomic mass is 10.1. The van der Waals surface area contributed by atoms with E-state index in [2.05, 4.69) is 25.4 Å². The first-order chi connectivity index (χ1) is 14.5. The number of hydrogen-bond donors (Lipinski definition) is 1. The molecule has 0 unspecified atom stereocenters. The number of hydrogen-bond acceptors (Lipinski definition) is 6. The molecule has 4 rings (SSSR count). The maximum Gasteiger partial charge on any atom is 0.164 e. The van der Waals surface area contributed by atoms with Gasteiger partial charge in [-0.05, 0) is 38.8 Å². The Kier molecular flexibility index (Phi) is 5.76. The third-order valence-electron chi connectivity index (χ3n) is 5.65. The molecule has 2 aromatic heterocycles. The number of aryl methyl sites for hydroxylation is 1. The fourth-order valence-corrected chi connectivity index (χ4v) is 3.93. The van der Waals surface area contributed by atoms with E-state index in [1.807, 2.05) is 19.2 Å². The average Bonchev–Trinajstić information content (AvgIpc) is 2.77. The molecular formula is C22H25F2N5O. The summed E-state index contributed by atoms with van der Waals surface area (Å²) in [7, 11) is 1.74. The fraction of sp³-hybridized carbons (Fsp3) is 0.409. The van der Waals surface area contributed by atoms with Crippen molar-refractivity contribution in [3.63, 3.8) is 0 Å². The second kappa shape index (κ2) is 8.47. The van der Waals surface area contributed by atoms with Crippen molar-refractivity contribution >= 4 is 22.4 Å². The van der Waals surface area contributed by atoms with Crippen molar-refractivity contribution in [1.29, 1.82) is 0 Å². The summed E-state index contributed by atoms with van der Waals surface area (Å²) in [6.07, 6.45) is 4.13. The van der Waals surface area contributed by atoms with Gasteiger partial charge in [-0.25, -0.2) is 8.78 Å². The van der Waals surface area contributed by atoms with E-state index in [1.165, 1.54) is 6.07 Å². The number of benzene rings is 1. The van der Waals surface area contributed by atoms with E-state index in [0.717, 1.165) is 48.6 Å². The normalized spacial score (nSPS) is 17.9. The standard InChI is InChI=1S/C22H25F2N5O/c1-13(17-7-4-8-19(23)20(17)24)26-22-18-10-15(11-25-21(18)14(2)27-28-22)29-9-5-6-16(12-29)30-3/h4,7-8,10-11,13,16H,5-6,9,12H2,1-3H3,(H,26,28)/t13-,16+/m1/s1. The van der Waals surface area contributed by atoms with E-state index in [-0.39, 0.29) is 11.7 Å². The van der Waals surface area contributed by atoms with Crippen LogP contribution in [0, 0.1) is 18.6 Å². The van der Waals surface area contributed by atoms with Crippen molar-refractivity contribution in [2.75, 3.05) is 30.4 Å². The first-order valence-electron chi connectivity index (χ1n) is 10.1. The predicted molar refractivity (Wildman–Crippen MR) is 113 cm³/mol. The van der Waals surface area contributed by atoms with Gasteiger partial charge in [-0.2, -0.15) is 5.10 Å². The first-order valence-corrected chi connectivity index (χ1v) is 10.1. The minimum Gasteiger partial charge on any atom is -0.380 e. The second-order valence-corrected chi connectivity index (χ2v) is 7.68. The molecule has 1 aromatic carbocycles. The van der Waals surface area contributed by atoms with Crippen molar-refractivity contribution in [2.24, 2.45) is 0 Å². The van der Waals surface area contributed by atoms with Crippen molar-refractivity contribution in [3.05, 3.63) is 53.4 Å². The number of piperidine rings is 1. The van der Waals surface area contributed by atoms with Crippen LogP contribution in [0.1, 0.15) is 37.1 Å². The number of nitrogens with zero attached hydrogens (tertiary/aromatic N) is 4. The maximum absolute atomic E-state index is 14.2. The number of methoxy groups -OCH3 is 1. The van der Waals surface area contributed by atoms with Gasteiger partial charge in [0.05, 0.1) is 35.2 Å². The van der Waals surface area contributed by atoms with Crippen LogP contribution in [-0.4, -0.2) is 41.5 Å². The van der Waals surface area contributed by atoms with Gasteiger partial charge in [0, 0.05) is 31.1 Å². The quantitative estimate of drug-likeness (QED) is 0.669. The van der Waals surface area contributed by atoms with Crippen LogP contribution in [-0.2, 0) is 4.74 Å². The summed E-state index contributed by atoms with van der Waals surface area (Å²) < 4.78 is 33.4. The highest BCUT2D eigenvalue weighted by Gasteiger charge is 2.22. The van der Waals surface area contributed by atoms with E-state index in [0.29, 0.717) is 11.5 Å². The fourth-order valence-electron chi connectivity index (χ4n) is 3.93. The molecule has 3 aromatic rings. The van der Waals surface area contributed by atoms with Crippen LogP contribution in [0.3, 0.4) is 0 Å². The molecule has 6 nitrogen and oxygen atoms in total. The molecule has 0 radical (unpaired) electrons. The van der Waals surface area contributed by atoms with Gasteiger partial charge in [-0.15, -0.1) is 5.10 Å². The van der Waals surface area contributed by atoms with E-state index in [4.69, 9.17) is 4.74 Å². The van der Waals surface area contributed by atoms with Gasteiger partial charge in [-0.1, -0.05) is 12.1 Å². The van der Waals surface area contributed by atoms with Crippen molar-refractivity contribution < 1.29 is 13.5 Å². The SMILES string of the molecule is CO[C@H]1CCCN(c2cnc3c(C)nnc(N[C@H](C)c4cccc(F)c4F)c3c2)C1. The number of rotatable bonds is 5. The van der Waals surface area contributed by atoms with E-state index in [9.17, 15) is 8.78 Å². The van der Waals surface area contributed by atoms with Crippen LogP contribution in [0.2, 0.25) is 0 Å². The Hall–Kier alpha value is -2.87. The third-order valence-corrected chi connectivity index (χ3v) is 5.65. The second-order valence-electron chi connectivity index (χ2n) is 7.68. The number of ether oxygens (including phenoxy) is 1. The molecule has 1 saturated heterocycles. The van der Waals surface area contributed by atoms with Crippen LogP contribution in [0.15, 0.2) is 30.5 Å². The molecule has 8 heteroatoms. The number of aromatic nitrogens is 3. The average molecular weight is 413 g/mol. The zero-order chi connectivity index (χ0) is 21.3. The molecule has 1 N–H and O–H groups in total. The highest BCUT2D eigenvalue weighted by Crippen LogP contribution is 2.30. The summed E-state index contributed by atoms with van der Waals surface area (Å²) in [5, 5.41) is 12.4. The molecule has 0 saturated carbocycles. The lowest BCUT2D eigenvalue weighted by molar-refractivity contribution is 0.0893. The molecule has 0 aliphatic carbocycles. The Bertz CT molecular complexity index is 1060. The van der Waals surface area contributed by atoms with Gasteiger partial charge in [-0.3, -0.25) is 4.98 Å². The lowest BCUT2D eigenvalue weighted by Gasteiger charge is -2.33. The van der Waals surface area contributed by atoms with Gasteiger partial charge in [0.25, 0.3) is 0 Å². The number of pyridine rings is 1. The van der Waals surface area contributed by atoms with E-state index >= 15 is 0 Å². The van der Waals surface area contributed by atoms with E-state index < -0.39 is 17.7 Å². The molecule has 3 heterocycles. The molecule has 1 aliphatic rings. The molecule has 0 amide bonds. The number of fused-ring (bicyclic) bond motifs is 1. The first kappa shape index (κ1) is 20.4. The van der Waals surface area contributed by atoms with E-state index in [1.54, 1.807) is 20.1 Å². The monoisotopic (exact) mass is 413 g/mol. The highest BCUT2D eigenvalue weighted by atomic mass is 19.2.